The fourth-order valence-corrected chi connectivity index (χ4v) is 3.49. The van der Waals surface area contributed by atoms with Gasteiger partial charge in [-0.3, -0.25) is 4.98 Å². The molecule has 0 amide bonds. The van der Waals surface area contributed by atoms with Gasteiger partial charge in [0, 0.05) is 31.0 Å². The monoisotopic (exact) mass is 327 g/mol. The molecule has 0 spiro atoms. The van der Waals surface area contributed by atoms with E-state index in [0.717, 1.165) is 33.8 Å². The fourth-order valence-electron chi connectivity index (χ4n) is 2.54. The van der Waals surface area contributed by atoms with E-state index in [9.17, 15) is 0 Å². The summed E-state index contributed by atoms with van der Waals surface area (Å²) in [5.74, 6) is 2.19. The lowest BCUT2D eigenvalue weighted by molar-refractivity contribution is 0.651. The average Bonchev–Trinajstić information content (AvgIpc) is 2.96. The van der Waals surface area contributed by atoms with Gasteiger partial charge in [-0.15, -0.1) is 11.3 Å². The number of hydrogen-bond donors (Lipinski definition) is 2. The topological polar surface area (TPSA) is 76.7 Å². The molecular weight excluding hydrogens is 306 g/mol. The van der Waals surface area contributed by atoms with E-state index in [-0.39, 0.29) is 0 Å². The van der Waals surface area contributed by atoms with Crippen LogP contribution in [0.2, 0.25) is 0 Å². The van der Waals surface area contributed by atoms with Crippen molar-refractivity contribution in [1.29, 1.82) is 0 Å². The molecule has 120 valence electrons. The van der Waals surface area contributed by atoms with Gasteiger partial charge in [-0.1, -0.05) is 13.8 Å². The number of nitrogens with one attached hydrogen (secondary N) is 1. The summed E-state index contributed by atoms with van der Waals surface area (Å²) in [6.07, 6.45) is 4.54. The summed E-state index contributed by atoms with van der Waals surface area (Å²) in [5.41, 5.74) is 7.93. The van der Waals surface area contributed by atoms with E-state index in [4.69, 9.17) is 15.7 Å². The minimum atomic E-state index is 0.569. The highest BCUT2D eigenvalue weighted by Crippen LogP contribution is 2.33. The molecule has 3 N–H and O–H groups in total. The number of pyridine rings is 1. The molecule has 0 radical (unpaired) electrons. The maximum Gasteiger partial charge on any atom is 0.163 e. The molecule has 0 aliphatic heterocycles. The summed E-state index contributed by atoms with van der Waals surface area (Å²) >= 11 is 1.67. The van der Waals surface area contributed by atoms with Gasteiger partial charge in [-0.25, -0.2) is 9.97 Å². The minimum absolute atomic E-state index is 0.569. The number of thiophene rings is 1. The Hall–Kier alpha value is -2.05. The quantitative estimate of drug-likeness (QED) is 0.726. The summed E-state index contributed by atoms with van der Waals surface area (Å²) in [4.78, 5) is 14.6. The molecule has 0 aromatic carbocycles. The van der Waals surface area contributed by atoms with Gasteiger partial charge in [0.05, 0.1) is 5.39 Å². The van der Waals surface area contributed by atoms with Crippen molar-refractivity contribution in [2.24, 2.45) is 11.7 Å². The van der Waals surface area contributed by atoms with Gasteiger partial charge in [0.2, 0.25) is 0 Å². The second-order valence-electron chi connectivity index (χ2n) is 5.89. The molecule has 0 aliphatic rings. The molecule has 23 heavy (non-hydrogen) atoms. The molecule has 0 unspecified atom stereocenters. The second-order valence-corrected chi connectivity index (χ2v) is 6.74. The molecule has 0 aliphatic carbocycles. The Kier molecular flexibility index (Phi) is 4.83. The summed E-state index contributed by atoms with van der Waals surface area (Å²) in [6, 6.07) is 3.85. The van der Waals surface area contributed by atoms with Gasteiger partial charge >= 0.3 is 0 Å². The standard InChI is InChI=1S/C17H21N5S/c1-11(2)9-13-10-23-17-14(13)16(20-8-5-18)21-15(22-17)12-3-6-19-7-4-12/h3-4,6-7,10-11H,5,8-9,18H2,1-2H3,(H,20,21,22). The largest absolute Gasteiger partial charge is 0.368 e. The molecule has 0 saturated heterocycles. The van der Waals surface area contributed by atoms with Crippen LogP contribution in [0.1, 0.15) is 19.4 Å². The summed E-state index contributed by atoms with van der Waals surface area (Å²) < 4.78 is 0. The molecule has 3 aromatic heterocycles. The molecule has 0 bridgehead atoms. The molecule has 0 atom stereocenters. The molecule has 0 saturated carbocycles. The van der Waals surface area contributed by atoms with Crippen LogP contribution in [0.25, 0.3) is 21.6 Å². The third-order valence-corrected chi connectivity index (χ3v) is 4.43. The number of nitrogens with two attached hydrogens (primary N) is 1. The highest BCUT2D eigenvalue weighted by atomic mass is 32.1. The van der Waals surface area contributed by atoms with E-state index in [1.54, 1.807) is 23.7 Å². The van der Waals surface area contributed by atoms with Gasteiger partial charge < -0.3 is 11.1 Å². The van der Waals surface area contributed by atoms with Crippen LogP contribution in [0.4, 0.5) is 5.82 Å². The van der Waals surface area contributed by atoms with Crippen molar-refractivity contribution >= 4 is 27.4 Å². The Labute approximate surface area is 140 Å². The van der Waals surface area contributed by atoms with Gasteiger partial charge in [-0.2, -0.15) is 0 Å². The molecular formula is C17H21N5S. The number of aromatic nitrogens is 3. The van der Waals surface area contributed by atoms with Crippen molar-refractivity contribution in [1.82, 2.24) is 15.0 Å². The Balaban J connectivity index is 2.12. The van der Waals surface area contributed by atoms with Crippen molar-refractivity contribution in [3.8, 4) is 11.4 Å². The molecule has 5 nitrogen and oxygen atoms in total. The first-order chi connectivity index (χ1) is 11.2. The predicted octanol–water partition coefficient (Wildman–Crippen LogP) is 3.32. The molecule has 3 heterocycles. The van der Waals surface area contributed by atoms with Gasteiger partial charge in [0.15, 0.2) is 5.82 Å². The number of fused-ring (bicyclic) bond motifs is 1. The highest BCUT2D eigenvalue weighted by molar-refractivity contribution is 7.17. The van der Waals surface area contributed by atoms with Crippen LogP contribution in [0, 0.1) is 5.92 Å². The lowest BCUT2D eigenvalue weighted by Gasteiger charge is -2.10. The third kappa shape index (κ3) is 3.48. The Morgan fingerprint density at radius 1 is 1.22 bits per heavy atom. The Bertz CT molecular complexity index is 782. The molecule has 3 rings (SSSR count). The first-order valence-corrected chi connectivity index (χ1v) is 8.69. The number of nitrogens with zero attached hydrogens (tertiary/aromatic N) is 3. The van der Waals surface area contributed by atoms with Crippen LogP contribution in [0.15, 0.2) is 29.9 Å². The smallest absolute Gasteiger partial charge is 0.163 e. The Morgan fingerprint density at radius 2 is 2.00 bits per heavy atom. The molecule has 0 fully saturated rings. The van der Waals surface area contributed by atoms with Gasteiger partial charge in [0.1, 0.15) is 10.6 Å². The summed E-state index contributed by atoms with van der Waals surface area (Å²) in [6.45, 7) is 5.71. The van der Waals surface area contributed by atoms with Crippen molar-refractivity contribution in [3.63, 3.8) is 0 Å². The normalized spacial score (nSPS) is 11.3. The van der Waals surface area contributed by atoms with Crippen LogP contribution in [-0.2, 0) is 6.42 Å². The summed E-state index contributed by atoms with van der Waals surface area (Å²) in [5, 5.41) is 6.69. The first-order valence-electron chi connectivity index (χ1n) is 7.81. The third-order valence-electron chi connectivity index (χ3n) is 3.51. The SMILES string of the molecule is CC(C)Cc1csc2nc(-c3ccncc3)nc(NCCN)c12. The summed E-state index contributed by atoms with van der Waals surface area (Å²) in [7, 11) is 0. The number of anilines is 1. The van der Waals surface area contributed by atoms with Crippen LogP contribution in [0.5, 0.6) is 0 Å². The van der Waals surface area contributed by atoms with Crippen LogP contribution < -0.4 is 11.1 Å². The predicted molar refractivity (Wildman–Crippen MR) is 96.7 cm³/mol. The second kappa shape index (κ2) is 7.02. The zero-order valence-corrected chi connectivity index (χ0v) is 14.2. The van der Waals surface area contributed by atoms with Crippen molar-refractivity contribution in [2.75, 3.05) is 18.4 Å². The highest BCUT2D eigenvalue weighted by Gasteiger charge is 2.15. The number of hydrogen-bond acceptors (Lipinski definition) is 6. The van der Waals surface area contributed by atoms with E-state index in [2.05, 4.69) is 29.5 Å². The van der Waals surface area contributed by atoms with Crippen LogP contribution in [0.3, 0.4) is 0 Å². The van der Waals surface area contributed by atoms with E-state index in [1.165, 1.54) is 5.56 Å². The Morgan fingerprint density at radius 3 is 2.70 bits per heavy atom. The molecule has 6 heteroatoms. The number of rotatable bonds is 6. The van der Waals surface area contributed by atoms with E-state index < -0.39 is 0 Å². The van der Waals surface area contributed by atoms with E-state index in [1.807, 2.05) is 12.1 Å². The first kappa shape index (κ1) is 15.8. The lowest BCUT2D eigenvalue weighted by Crippen LogP contribution is -2.14. The zero-order chi connectivity index (χ0) is 16.2. The maximum absolute atomic E-state index is 5.65. The van der Waals surface area contributed by atoms with Crippen LogP contribution in [-0.4, -0.2) is 28.0 Å². The maximum atomic E-state index is 5.65. The minimum Gasteiger partial charge on any atom is -0.368 e. The van der Waals surface area contributed by atoms with Crippen molar-refractivity contribution < 1.29 is 0 Å². The van der Waals surface area contributed by atoms with Crippen LogP contribution >= 0.6 is 11.3 Å². The average molecular weight is 327 g/mol. The van der Waals surface area contributed by atoms with Crippen molar-refractivity contribution in [2.45, 2.75) is 20.3 Å². The zero-order valence-electron chi connectivity index (χ0n) is 13.4. The lowest BCUT2D eigenvalue weighted by atomic mass is 10.0. The van der Waals surface area contributed by atoms with Gasteiger partial charge in [0.25, 0.3) is 0 Å². The van der Waals surface area contributed by atoms with Crippen molar-refractivity contribution in [3.05, 3.63) is 35.5 Å². The molecule has 3 aromatic rings. The van der Waals surface area contributed by atoms with E-state index >= 15 is 0 Å². The van der Waals surface area contributed by atoms with E-state index in [0.29, 0.717) is 19.0 Å². The fraction of sp³-hybridized carbons (Fsp3) is 0.353. The van der Waals surface area contributed by atoms with Gasteiger partial charge in [-0.05, 0) is 35.4 Å².